The topological polar surface area (TPSA) is 74.7 Å². The minimum absolute atomic E-state index is 0.0397. The maximum atomic E-state index is 13.1. The quantitative estimate of drug-likeness (QED) is 0.875. The summed E-state index contributed by atoms with van der Waals surface area (Å²) in [7, 11) is -3.82. The Balaban J connectivity index is 2.05. The summed E-state index contributed by atoms with van der Waals surface area (Å²) in [5.74, 6) is -1.10. The molecule has 0 bridgehead atoms. The van der Waals surface area contributed by atoms with Crippen LogP contribution in [0.4, 0.5) is 0 Å². The van der Waals surface area contributed by atoms with Crippen molar-refractivity contribution in [1.29, 1.82) is 0 Å². The number of benzene rings is 2. The lowest BCUT2D eigenvalue weighted by Gasteiger charge is -2.26. The Morgan fingerprint density at radius 3 is 2.27 bits per heavy atom. The van der Waals surface area contributed by atoms with Crippen LogP contribution in [0, 0.1) is 6.92 Å². The number of carboxylic acid groups (broad SMARTS) is 1. The van der Waals surface area contributed by atoms with Gasteiger partial charge in [-0.25, -0.2) is 13.2 Å². The van der Waals surface area contributed by atoms with Gasteiger partial charge in [-0.1, -0.05) is 55.0 Å². The zero-order valence-electron chi connectivity index (χ0n) is 14.7. The second-order valence-electron chi connectivity index (χ2n) is 6.35. The molecule has 0 saturated carbocycles. The number of aliphatic carboxylic acids is 1. The first-order valence-corrected chi connectivity index (χ1v) is 9.89. The number of hydrogen-bond donors (Lipinski definition) is 1. The van der Waals surface area contributed by atoms with Crippen molar-refractivity contribution in [3.05, 3.63) is 76.9 Å². The van der Waals surface area contributed by atoms with E-state index in [4.69, 9.17) is 0 Å². The van der Waals surface area contributed by atoms with Gasteiger partial charge in [0.05, 0.1) is 16.5 Å². The van der Waals surface area contributed by atoms with E-state index < -0.39 is 22.0 Å². The fourth-order valence-electron chi connectivity index (χ4n) is 3.13. The molecule has 1 unspecified atom stereocenters. The highest BCUT2D eigenvalue weighted by atomic mass is 32.2. The van der Waals surface area contributed by atoms with Crippen LogP contribution in [-0.4, -0.2) is 30.3 Å². The average Bonchev–Trinajstić information content (AvgIpc) is 3.08. The molecule has 1 aliphatic rings. The molecule has 6 heteroatoms. The molecule has 3 rings (SSSR count). The summed E-state index contributed by atoms with van der Waals surface area (Å²) in [5, 5.41) is 9.55. The number of nitrogens with zero attached hydrogens (tertiary/aromatic N) is 1. The summed E-state index contributed by atoms with van der Waals surface area (Å²) in [5.41, 5.74) is 2.82. The Kier molecular flexibility index (Phi) is 4.98. The first kappa shape index (κ1) is 18.4. The largest absolute Gasteiger partial charge is 0.478 e. The smallest absolute Gasteiger partial charge is 0.333 e. The van der Waals surface area contributed by atoms with Gasteiger partial charge in [-0.05, 0) is 36.6 Å². The lowest BCUT2D eigenvalue weighted by molar-refractivity contribution is -0.133. The summed E-state index contributed by atoms with van der Waals surface area (Å²) in [6.45, 7) is 3.95. The van der Waals surface area contributed by atoms with E-state index in [0.29, 0.717) is 5.56 Å². The molecule has 0 fully saturated rings. The molecule has 0 saturated heterocycles. The molecule has 1 atom stereocenters. The van der Waals surface area contributed by atoms with E-state index in [1.165, 1.54) is 10.4 Å². The monoisotopic (exact) mass is 371 g/mol. The molecular formula is C20H21NO4S. The summed E-state index contributed by atoms with van der Waals surface area (Å²) in [6, 6.07) is 13.2. The van der Waals surface area contributed by atoms with Gasteiger partial charge in [0.15, 0.2) is 0 Å². The molecular weight excluding hydrogens is 350 g/mol. The molecule has 136 valence electrons. The van der Waals surface area contributed by atoms with Gasteiger partial charge in [0.1, 0.15) is 0 Å². The van der Waals surface area contributed by atoms with Crippen molar-refractivity contribution in [1.82, 2.24) is 4.31 Å². The number of hydrogen-bond acceptors (Lipinski definition) is 3. The van der Waals surface area contributed by atoms with Gasteiger partial charge in [0.25, 0.3) is 0 Å². The first-order valence-electron chi connectivity index (χ1n) is 8.45. The van der Waals surface area contributed by atoms with Crippen molar-refractivity contribution < 1.29 is 18.3 Å². The second-order valence-corrected chi connectivity index (χ2v) is 8.24. The Morgan fingerprint density at radius 2 is 1.73 bits per heavy atom. The van der Waals surface area contributed by atoms with Crippen LogP contribution in [0.5, 0.6) is 0 Å². The van der Waals surface area contributed by atoms with Crippen LogP contribution in [0.15, 0.2) is 65.1 Å². The maximum Gasteiger partial charge on any atom is 0.333 e. The molecule has 0 amide bonds. The van der Waals surface area contributed by atoms with Gasteiger partial charge in [-0.3, -0.25) is 0 Å². The average molecular weight is 371 g/mol. The standard InChI is InChI=1S/C20H21NO4S/c1-3-15-6-8-16(9-7-15)19-18(20(22)23)12-13-21(19)26(24,25)17-10-4-14(2)5-11-17/h4-12,19H,3,13H2,1-2H3,(H,22,23). The molecule has 26 heavy (non-hydrogen) atoms. The fourth-order valence-corrected chi connectivity index (χ4v) is 4.66. The zero-order valence-corrected chi connectivity index (χ0v) is 15.5. The van der Waals surface area contributed by atoms with E-state index >= 15 is 0 Å². The third-order valence-electron chi connectivity index (χ3n) is 4.65. The molecule has 1 heterocycles. The van der Waals surface area contributed by atoms with Gasteiger partial charge >= 0.3 is 5.97 Å². The van der Waals surface area contributed by atoms with Crippen LogP contribution in [-0.2, 0) is 21.2 Å². The molecule has 0 aliphatic carbocycles. The van der Waals surface area contributed by atoms with E-state index in [-0.39, 0.29) is 17.0 Å². The Labute approximate surface area is 153 Å². The van der Waals surface area contributed by atoms with Gasteiger partial charge in [0.2, 0.25) is 10.0 Å². The van der Waals surface area contributed by atoms with Crippen LogP contribution >= 0.6 is 0 Å². The first-order chi connectivity index (χ1) is 12.3. The number of aryl methyl sites for hydroxylation is 2. The predicted molar refractivity (Wildman–Crippen MR) is 99.4 cm³/mol. The minimum atomic E-state index is -3.82. The number of rotatable bonds is 5. The van der Waals surface area contributed by atoms with Crippen molar-refractivity contribution in [2.75, 3.05) is 6.54 Å². The van der Waals surface area contributed by atoms with E-state index in [1.54, 1.807) is 24.3 Å². The van der Waals surface area contributed by atoms with E-state index in [0.717, 1.165) is 17.5 Å². The SMILES string of the molecule is CCc1ccc(C2C(C(=O)O)=CCN2S(=O)(=O)c2ccc(C)cc2)cc1. The molecule has 0 aromatic heterocycles. The van der Waals surface area contributed by atoms with E-state index in [1.807, 2.05) is 38.1 Å². The maximum absolute atomic E-state index is 13.1. The van der Waals surface area contributed by atoms with E-state index in [9.17, 15) is 18.3 Å². The summed E-state index contributed by atoms with van der Waals surface area (Å²) in [4.78, 5) is 11.8. The zero-order chi connectivity index (χ0) is 18.9. The van der Waals surface area contributed by atoms with Gasteiger partial charge in [-0.2, -0.15) is 4.31 Å². The number of carbonyl (C=O) groups is 1. The van der Waals surface area contributed by atoms with Gasteiger partial charge in [0, 0.05) is 6.54 Å². The van der Waals surface area contributed by atoms with Crippen LogP contribution in [0.2, 0.25) is 0 Å². The number of carboxylic acids is 1. The summed E-state index contributed by atoms with van der Waals surface area (Å²) < 4.78 is 27.5. The van der Waals surface area contributed by atoms with Crippen LogP contribution < -0.4 is 0 Å². The minimum Gasteiger partial charge on any atom is -0.478 e. The van der Waals surface area contributed by atoms with E-state index in [2.05, 4.69) is 0 Å². The highest BCUT2D eigenvalue weighted by Crippen LogP contribution is 2.37. The predicted octanol–water partition coefficient (Wildman–Crippen LogP) is 3.31. The highest BCUT2D eigenvalue weighted by molar-refractivity contribution is 7.89. The van der Waals surface area contributed by atoms with Crippen LogP contribution in [0.3, 0.4) is 0 Å². The third kappa shape index (κ3) is 3.30. The summed E-state index contributed by atoms with van der Waals surface area (Å²) >= 11 is 0. The lowest BCUT2D eigenvalue weighted by atomic mass is 9.99. The molecule has 0 radical (unpaired) electrons. The fraction of sp³-hybridized carbons (Fsp3) is 0.250. The van der Waals surface area contributed by atoms with Crippen LogP contribution in [0.25, 0.3) is 0 Å². The molecule has 2 aromatic rings. The highest BCUT2D eigenvalue weighted by Gasteiger charge is 2.40. The Morgan fingerprint density at radius 1 is 1.12 bits per heavy atom. The van der Waals surface area contributed by atoms with Crippen molar-refractivity contribution in [2.45, 2.75) is 31.2 Å². The van der Waals surface area contributed by atoms with Crippen molar-refractivity contribution in [3.63, 3.8) is 0 Å². The Bertz CT molecular complexity index is 944. The lowest BCUT2D eigenvalue weighted by Crippen LogP contribution is -2.33. The number of sulfonamides is 1. The molecule has 1 N–H and O–H groups in total. The van der Waals surface area contributed by atoms with Crippen LogP contribution in [0.1, 0.15) is 29.7 Å². The van der Waals surface area contributed by atoms with Crippen molar-refractivity contribution in [3.8, 4) is 0 Å². The Hall–Kier alpha value is -2.44. The van der Waals surface area contributed by atoms with Crippen molar-refractivity contribution >= 4 is 16.0 Å². The summed E-state index contributed by atoms with van der Waals surface area (Å²) in [6.07, 6.45) is 2.34. The molecule has 1 aliphatic heterocycles. The third-order valence-corrected chi connectivity index (χ3v) is 6.50. The second kappa shape index (κ2) is 7.05. The van der Waals surface area contributed by atoms with Crippen molar-refractivity contribution in [2.24, 2.45) is 0 Å². The normalized spacial score (nSPS) is 17.9. The molecule has 0 spiro atoms. The molecule has 5 nitrogen and oxygen atoms in total. The molecule has 2 aromatic carbocycles. The van der Waals surface area contributed by atoms with Gasteiger partial charge in [-0.15, -0.1) is 0 Å². The van der Waals surface area contributed by atoms with Gasteiger partial charge < -0.3 is 5.11 Å².